The number of nitrogens with zero attached hydrogens (tertiary/aromatic N) is 1. The molecule has 0 amide bonds. The molecule has 6 heteroatoms. The SMILES string of the molecule is Cc1ncc[nH][nH]c(=O)[nH]c1=O. The number of aryl methyl sites for hydroxylation is 1. The molecular formula is C6H8N4O2. The van der Waals surface area contributed by atoms with Crippen molar-refractivity contribution in [3.63, 3.8) is 0 Å². The molecule has 1 heterocycles. The second-order valence-electron chi connectivity index (χ2n) is 2.08. The highest BCUT2D eigenvalue weighted by Gasteiger charge is 1.86. The normalized spacial score (nSPS) is 9.08. The Balaban J connectivity index is 3.61. The Morgan fingerprint density at radius 2 is 2.17 bits per heavy atom. The maximum atomic E-state index is 11.0. The van der Waals surface area contributed by atoms with Gasteiger partial charge in [0.05, 0.1) is 0 Å². The Morgan fingerprint density at radius 3 is 2.92 bits per heavy atom. The van der Waals surface area contributed by atoms with Crippen molar-refractivity contribution in [3.8, 4) is 0 Å². The standard InChI is InChI=1S/C6H8N4O2/c1-4-5(11)9-6(12)10-8-3-2-7-4/h2-3,8H,1H3,(H2,9,10,11,12). The summed E-state index contributed by atoms with van der Waals surface area (Å²) < 4.78 is 0. The molecule has 0 aromatic carbocycles. The van der Waals surface area contributed by atoms with Crippen LogP contribution in [0.25, 0.3) is 0 Å². The molecule has 0 aliphatic rings. The fourth-order valence-electron chi connectivity index (χ4n) is 0.577. The van der Waals surface area contributed by atoms with Gasteiger partial charge in [-0.2, -0.15) is 0 Å². The van der Waals surface area contributed by atoms with Gasteiger partial charge in [0.25, 0.3) is 5.56 Å². The van der Waals surface area contributed by atoms with Crippen molar-refractivity contribution in [2.45, 2.75) is 6.92 Å². The summed E-state index contributed by atoms with van der Waals surface area (Å²) >= 11 is 0. The van der Waals surface area contributed by atoms with Crippen molar-refractivity contribution < 1.29 is 0 Å². The summed E-state index contributed by atoms with van der Waals surface area (Å²) in [5, 5.41) is 4.61. The van der Waals surface area contributed by atoms with Crippen molar-refractivity contribution in [2.75, 3.05) is 0 Å². The molecule has 1 aromatic rings. The smallest absolute Gasteiger partial charge is 0.303 e. The third-order valence-electron chi connectivity index (χ3n) is 1.17. The van der Waals surface area contributed by atoms with Crippen LogP contribution in [-0.2, 0) is 0 Å². The van der Waals surface area contributed by atoms with E-state index >= 15 is 0 Å². The summed E-state index contributed by atoms with van der Waals surface area (Å²) in [5.41, 5.74) is -0.896. The van der Waals surface area contributed by atoms with Gasteiger partial charge in [-0.3, -0.25) is 19.9 Å². The number of nitrogens with one attached hydrogen (secondary N) is 3. The molecule has 0 unspecified atom stereocenters. The summed E-state index contributed by atoms with van der Waals surface area (Å²) in [6.07, 6.45) is 2.78. The molecule has 12 heavy (non-hydrogen) atoms. The summed E-state index contributed by atoms with van der Waals surface area (Å²) in [4.78, 5) is 27.5. The van der Waals surface area contributed by atoms with Crippen molar-refractivity contribution in [2.24, 2.45) is 0 Å². The van der Waals surface area contributed by atoms with Gasteiger partial charge in [0.15, 0.2) is 0 Å². The van der Waals surface area contributed by atoms with Crippen molar-refractivity contribution >= 4 is 0 Å². The first-order valence-electron chi connectivity index (χ1n) is 3.26. The van der Waals surface area contributed by atoms with E-state index in [0.29, 0.717) is 0 Å². The first-order valence-corrected chi connectivity index (χ1v) is 3.26. The Hall–Kier alpha value is -1.85. The third-order valence-corrected chi connectivity index (χ3v) is 1.17. The van der Waals surface area contributed by atoms with Gasteiger partial charge in [-0.05, 0) is 6.92 Å². The lowest BCUT2D eigenvalue weighted by Gasteiger charge is -1.76. The van der Waals surface area contributed by atoms with Crippen LogP contribution in [0.2, 0.25) is 0 Å². The second-order valence-corrected chi connectivity index (χ2v) is 2.08. The Morgan fingerprint density at radius 1 is 1.42 bits per heavy atom. The fourth-order valence-corrected chi connectivity index (χ4v) is 0.577. The van der Waals surface area contributed by atoms with Gasteiger partial charge in [-0.15, -0.1) is 0 Å². The molecule has 64 valence electrons. The van der Waals surface area contributed by atoms with Gasteiger partial charge < -0.3 is 5.10 Å². The third kappa shape index (κ3) is 2.08. The van der Waals surface area contributed by atoms with Crippen LogP contribution in [0.4, 0.5) is 0 Å². The molecule has 0 radical (unpaired) electrons. The van der Waals surface area contributed by atoms with E-state index in [-0.39, 0.29) is 5.69 Å². The maximum Gasteiger partial charge on any atom is 0.340 e. The molecule has 0 atom stereocenters. The topological polar surface area (TPSA) is 94.4 Å². The molecule has 0 aliphatic heterocycles. The molecule has 0 saturated carbocycles. The van der Waals surface area contributed by atoms with Crippen molar-refractivity contribution in [1.29, 1.82) is 0 Å². The molecule has 6 nitrogen and oxygen atoms in total. The minimum Gasteiger partial charge on any atom is -0.303 e. The Kier molecular flexibility index (Phi) is 2.42. The molecule has 0 spiro atoms. The van der Waals surface area contributed by atoms with Gasteiger partial charge in [0, 0.05) is 12.4 Å². The minimum atomic E-state index is -0.610. The monoisotopic (exact) mass is 168 g/mol. The molecule has 0 bridgehead atoms. The van der Waals surface area contributed by atoms with E-state index in [9.17, 15) is 9.59 Å². The van der Waals surface area contributed by atoms with E-state index in [1.54, 1.807) is 0 Å². The average Bonchev–Trinajstić information content (AvgIpc) is 2.07. The zero-order valence-electron chi connectivity index (χ0n) is 6.42. The highest BCUT2D eigenvalue weighted by molar-refractivity contribution is 4.87. The van der Waals surface area contributed by atoms with Crippen LogP contribution in [0.5, 0.6) is 0 Å². The van der Waals surface area contributed by atoms with Crippen LogP contribution in [0.1, 0.15) is 5.69 Å². The van der Waals surface area contributed by atoms with Gasteiger partial charge in [-0.1, -0.05) is 0 Å². The highest BCUT2D eigenvalue weighted by atomic mass is 16.2. The van der Waals surface area contributed by atoms with E-state index in [4.69, 9.17) is 0 Å². The average molecular weight is 168 g/mol. The van der Waals surface area contributed by atoms with E-state index in [1.165, 1.54) is 19.3 Å². The van der Waals surface area contributed by atoms with Gasteiger partial charge in [0.2, 0.25) is 0 Å². The highest BCUT2D eigenvalue weighted by Crippen LogP contribution is 1.69. The predicted octanol–water partition coefficient (Wildman–Crippen LogP) is -0.781. The molecule has 0 fully saturated rings. The maximum absolute atomic E-state index is 11.0. The molecular weight excluding hydrogens is 160 g/mol. The summed E-state index contributed by atoms with van der Waals surface area (Å²) in [6, 6.07) is 0. The van der Waals surface area contributed by atoms with Crippen molar-refractivity contribution in [3.05, 3.63) is 38.9 Å². The first kappa shape index (κ1) is 8.25. The zero-order valence-corrected chi connectivity index (χ0v) is 6.42. The molecule has 0 aliphatic carbocycles. The lowest BCUT2D eigenvalue weighted by atomic mass is 10.5. The molecule has 3 N–H and O–H groups in total. The Bertz CT molecular complexity index is 412. The van der Waals surface area contributed by atoms with Crippen LogP contribution in [-0.4, -0.2) is 20.2 Å². The van der Waals surface area contributed by atoms with Crippen LogP contribution in [0.15, 0.2) is 22.0 Å². The lowest BCUT2D eigenvalue weighted by Crippen LogP contribution is -2.19. The van der Waals surface area contributed by atoms with Crippen LogP contribution in [0.3, 0.4) is 0 Å². The van der Waals surface area contributed by atoms with E-state index in [0.717, 1.165) is 0 Å². The largest absolute Gasteiger partial charge is 0.340 e. The molecule has 1 rings (SSSR count). The van der Waals surface area contributed by atoms with Crippen LogP contribution >= 0.6 is 0 Å². The quantitative estimate of drug-likeness (QED) is 0.474. The van der Waals surface area contributed by atoms with E-state index in [2.05, 4.69) is 15.2 Å². The van der Waals surface area contributed by atoms with E-state index in [1.807, 2.05) is 4.98 Å². The number of hydrogen-bond donors (Lipinski definition) is 3. The van der Waals surface area contributed by atoms with Crippen LogP contribution in [0, 0.1) is 6.92 Å². The van der Waals surface area contributed by atoms with Crippen LogP contribution < -0.4 is 11.2 Å². The predicted molar refractivity (Wildman–Crippen MR) is 42.2 cm³/mol. The first-order chi connectivity index (χ1) is 5.70. The summed E-state index contributed by atoms with van der Waals surface area (Å²) in [6.45, 7) is 1.51. The fraction of sp³-hybridized carbons (Fsp3) is 0.167. The van der Waals surface area contributed by atoms with E-state index < -0.39 is 11.2 Å². The Labute approximate surface area is 67.0 Å². The zero-order chi connectivity index (χ0) is 8.97. The number of aromatic nitrogens is 4. The summed E-state index contributed by atoms with van der Waals surface area (Å²) in [7, 11) is 0. The molecule has 0 saturated heterocycles. The van der Waals surface area contributed by atoms with Gasteiger partial charge in [0.1, 0.15) is 5.69 Å². The number of aromatic amines is 3. The second kappa shape index (κ2) is 3.51. The number of rotatable bonds is 0. The lowest BCUT2D eigenvalue weighted by molar-refractivity contribution is 0.939. The number of hydrogen-bond acceptors (Lipinski definition) is 3. The van der Waals surface area contributed by atoms with Crippen molar-refractivity contribution in [1.82, 2.24) is 20.2 Å². The van der Waals surface area contributed by atoms with Gasteiger partial charge in [-0.25, -0.2) is 4.79 Å². The molecule has 1 aromatic heterocycles. The van der Waals surface area contributed by atoms with Gasteiger partial charge >= 0.3 is 5.69 Å². The number of H-pyrrole nitrogens is 3. The summed E-state index contributed by atoms with van der Waals surface area (Å²) in [5.74, 6) is 0. The minimum absolute atomic E-state index is 0.227.